The molecule has 1 rings (SSSR count). The monoisotopic (exact) mass is 140 g/mol. The van der Waals surface area contributed by atoms with Crippen LogP contribution in [0.2, 0.25) is 0 Å². The van der Waals surface area contributed by atoms with Gasteiger partial charge in [-0.15, -0.1) is 12.4 Å². The molecule has 0 aliphatic carbocycles. The largest absolute Gasteiger partial charge is 0.269 e. The molecule has 0 aromatic rings. The molecule has 0 amide bonds. The lowest BCUT2D eigenvalue weighted by atomic mass is 10.2. The zero-order valence-electron chi connectivity index (χ0n) is 8.55. The molecule has 0 saturated carbocycles. The van der Waals surface area contributed by atoms with Crippen molar-refractivity contribution < 1.29 is 5.48 Å². The molecule has 0 unspecified atom stereocenters. The van der Waals surface area contributed by atoms with Gasteiger partial charge in [-0.05, 0) is 12.8 Å². The molecule has 1 saturated heterocycles. The Kier molecular flexibility index (Phi) is 1.75. The number of piperidine rings is 1. The Labute approximate surface area is 62.0 Å². The van der Waals surface area contributed by atoms with Gasteiger partial charge in [-0.3, -0.25) is 5.84 Å². The van der Waals surface area contributed by atoms with Crippen LogP contribution >= 0.6 is 12.4 Å². The highest BCUT2D eigenvalue weighted by molar-refractivity contribution is 5.85. The SMILES string of the molecule is Cl.[2H]C1([2H])CCCC([2H])([2H])N1N. The van der Waals surface area contributed by atoms with Gasteiger partial charge in [0.1, 0.15) is 0 Å². The van der Waals surface area contributed by atoms with Crippen LogP contribution in [0.25, 0.3) is 0 Å². The third-order valence-electron chi connectivity index (χ3n) is 0.918. The average Bonchev–Trinajstić information content (AvgIpc) is 1.82. The zero-order valence-corrected chi connectivity index (χ0v) is 5.37. The summed E-state index contributed by atoms with van der Waals surface area (Å²) in [5.41, 5.74) is 0. The van der Waals surface area contributed by atoms with E-state index in [9.17, 15) is 0 Å². The maximum absolute atomic E-state index is 7.32. The molecule has 0 aromatic heterocycles. The van der Waals surface area contributed by atoms with Gasteiger partial charge in [0.05, 0.1) is 0 Å². The fourth-order valence-electron chi connectivity index (χ4n) is 0.543. The third kappa shape index (κ3) is 2.50. The van der Waals surface area contributed by atoms with E-state index in [1.54, 1.807) is 0 Å². The zero-order chi connectivity index (χ0) is 8.70. The van der Waals surface area contributed by atoms with Gasteiger partial charge in [-0.2, -0.15) is 0 Å². The van der Waals surface area contributed by atoms with Gasteiger partial charge < -0.3 is 0 Å². The van der Waals surface area contributed by atoms with Crippen LogP contribution in [0.1, 0.15) is 24.7 Å². The van der Waals surface area contributed by atoms with Crippen molar-refractivity contribution in [2.45, 2.75) is 19.3 Å². The molecule has 0 radical (unpaired) electrons. The second-order valence-electron chi connectivity index (χ2n) is 1.54. The molecule has 1 heterocycles. The van der Waals surface area contributed by atoms with Gasteiger partial charge >= 0.3 is 0 Å². The Balaban J connectivity index is 0.00000121. The van der Waals surface area contributed by atoms with Crippen molar-refractivity contribution in [2.75, 3.05) is 13.0 Å². The first-order valence-corrected chi connectivity index (χ1v) is 2.41. The topological polar surface area (TPSA) is 29.3 Å². The third-order valence-corrected chi connectivity index (χ3v) is 0.918. The Hall–Kier alpha value is 0.210. The van der Waals surface area contributed by atoms with E-state index in [1.165, 1.54) is 0 Å². The molecule has 50 valence electrons. The quantitative estimate of drug-likeness (QED) is 0.504. The second-order valence-corrected chi connectivity index (χ2v) is 1.54. The number of halogens is 1. The molecule has 2 N–H and O–H groups in total. The maximum atomic E-state index is 7.32. The Bertz CT molecular complexity index is 148. The predicted octanol–water partition coefficient (Wildman–Crippen LogP) is 0.768. The summed E-state index contributed by atoms with van der Waals surface area (Å²) in [5, 5.41) is 0.684. The second kappa shape index (κ2) is 4.13. The van der Waals surface area contributed by atoms with Gasteiger partial charge in [0.2, 0.25) is 0 Å². The normalized spacial score (nSPS) is 42.1. The van der Waals surface area contributed by atoms with Crippen LogP contribution < -0.4 is 5.84 Å². The summed E-state index contributed by atoms with van der Waals surface area (Å²) < 4.78 is 29.3. The molecule has 0 bridgehead atoms. The van der Waals surface area contributed by atoms with Crippen LogP contribution in [0.15, 0.2) is 0 Å². The maximum Gasteiger partial charge on any atom is 0.0446 e. The van der Waals surface area contributed by atoms with Crippen LogP contribution in [-0.4, -0.2) is 18.0 Å². The number of hydrogen-bond acceptors (Lipinski definition) is 2. The molecular formula is C5H13ClN2. The van der Waals surface area contributed by atoms with Crippen molar-refractivity contribution >= 4 is 12.4 Å². The van der Waals surface area contributed by atoms with Crippen molar-refractivity contribution in [3.8, 4) is 0 Å². The van der Waals surface area contributed by atoms with E-state index in [0.29, 0.717) is 24.3 Å². The van der Waals surface area contributed by atoms with Crippen molar-refractivity contribution in [1.82, 2.24) is 5.01 Å². The van der Waals surface area contributed by atoms with Crippen LogP contribution in [-0.2, 0) is 0 Å². The van der Waals surface area contributed by atoms with E-state index in [4.69, 9.17) is 11.3 Å². The minimum absolute atomic E-state index is 0. The highest BCUT2D eigenvalue weighted by atomic mass is 35.5. The molecule has 1 aliphatic heterocycles. The summed E-state index contributed by atoms with van der Waals surface area (Å²) in [6, 6.07) is 0. The lowest BCUT2D eigenvalue weighted by Crippen LogP contribution is -2.35. The predicted molar refractivity (Wildman–Crippen MR) is 36.9 cm³/mol. The number of hydrazine groups is 1. The number of nitrogens with two attached hydrogens (primary N) is 1. The van der Waals surface area contributed by atoms with Crippen LogP contribution in [0.5, 0.6) is 0 Å². The lowest BCUT2D eigenvalue weighted by Gasteiger charge is -2.20. The van der Waals surface area contributed by atoms with E-state index < -0.39 is 13.0 Å². The minimum Gasteiger partial charge on any atom is -0.269 e. The van der Waals surface area contributed by atoms with Gasteiger partial charge in [0, 0.05) is 18.5 Å². The smallest absolute Gasteiger partial charge is 0.0446 e. The van der Waals surface area contributed by atoms with Crippen LogP contribution in [0, 0.1) is 0 Å². The first-order valence-electron chi connectivity index (χ1n) is 4.41. The van der Waals surface area contributed by atoms with E-state index in [1.807, 2.05) is 0 Å². The van der Waals surface area contributed by atoms with Crippen molar-refractivity contribution in [3.05, 3.63) is 0 Å². The molecule has 2 nitrogen and oxygen atoms in total. The highest BCUT2D eigenvalue weighted by Gasteiger charge is 2.02. The number of nitrogens with zero attached hydrogens (tertiary/aromatic N) is 1. The summed E-state index contributed by atoms with van der Waals surface area (Å²) in [6.07, 6.45) is 1.17. The molecule has 3 heteroatoms. The lowest BCUT2D eigenvalue weighted by molar-refractivity contribution is 0.235. The van der Waals surface area contributed by atoms with E-state index >= 15 is 0 Å². The van der Waals surface area contributed by atoms with Gasteiger partial charge in [0.15, 0.2) is 0 Å². The summed E-state index contributed by atoms with van der Waals surface area (Å²) >= 11 is 0. The van der Waals surface area contributed by atoms with Gasteiger partial charge in [-0.25, -0.2) is 5.01 Å². The highest BCUT2D eigenvalue weighted by Crippen LogP contribution is 2.03. The Morgan fingerprint density at radius 2 is 1.75 bits per heavy atom. The van der Waals surface area contributed by atoms with Crippen LogP contribution in [0.3, 0.4) is 0 Å². The Morgan fingerprint density at radius 1 is 1.25 bits per heavy atom. The number of rotatable bonds is 0. The summed E-state index contributed by atoms with van der Waals surface area (Å²) in [4.78, 5) is 0. The molecular weight excluding hydrogens is 124 g/mol. The molecule has 1 fully saturated rings. The van der Waals surface area contributed by atoms with Crippen LogP contribution in [0.4, 0.5) is 0 Å². The molecule has 0 aromatic carbocycles. The van der Waals surface area contributed by atoms with Crippen molar-refractivity contribution in [1.29, 1.82) is 0 Å². The standard InChI is InChI=1S/C5H12N2.ClH/c6-7-4-2-1-3-5-7;/h1-6H2;1H/i4D2,5D2;. The summed E-state index contributed by atoms with van der Waals surface area (Å²) in [6.45, 7) is -3.39. The summed E-state index contributed by atoms with van der Waals surface area (Å²) in [5.74, 6) is 5.27. The average molecular weight is 141 g/mol. The minimum atomic E-state index is -1.69. The summed E-state index contributed by atoms with van der Waals surface area (Å²) in [7, 11) is 0. The van der Waals surface area contributed by atoms with Gasteiger partial charge in [-0.1, -0.05) is 6.42 Å². The Morgan fingerprint density at radius 3 is 2.12 bits per heavy atom. The van der Waals surface area contributed by atoms with E-state index in [2.05, 4.69) is 0 Å². The first kappa shape index (κ1) is 3.40. The molecule has 0 atom stereocenters. The molecule has 1 aliphatic rings. The first-order chi connectivity index (χ1) is 4.86. The fraction of sp³-hybridized carbons (Fsp3) is 1.00. The van der Waals surface area contributed by atoms with Gasteiger partial charge in [0.25, 0.3) is 0 Å². The number of hydrogen-bond donors (Lipinski definition) is 1. The van der Waals surface area contributed by atoms with Crippen molar-refractivity contribution in [2.24, 2.45) is 5.84 Å². The van der Waals surface area contributed by atoms with Crippen molar-refractivity contribution in [3.63, 3.8) is 0 Å². The van der Waals surface area contributed by atoms with E-state index in [0.717, 1.165) is 0 Å². The molecule has 0 spiro atoms. The molecule has 8 heavy (non-hydrogen) atoms. The fourth-order valence-corrected chi connectivity index (χ4v) is 0.543. The van der Waals surface area contributed by atoms with E-state index in [-0.39, 0.29) is 12.4 Å².